The zero-order chi connectivity index (χ0) is 27.4. The number of benzene rings is 2. The molecule has 206 valence electrons. The van der Waals surface area contributed by atoms with E-state index in [1.54, 1.807) is 11.0 Å². The number of rotatable bonds is 6. The maximum Gasteiger partial charge on any atom is 0.410 e. The topological polar surface area (TPSA) is 71.1 Å². The molecule has 0 bridgehead atoms. The highest BCUT2D eigenvalue weighted by atomic mass is 79.9. The van der Waals surface area contributed by atoms with Gasteiger partial charge in [-0.3, -0.25) is 9.69 Å². The van der Waals surface area contributed by atoms with Crippen LogP contribution in [0.5, 0.6) is 11.5 Å². The minimum atomic E-state index is -0.594. The molecule has 2 heterocycles. The predicted molar refractivity (Wildman–Crippen MR) is 148 cm³/mol. The summed E-state index contributed by atoms with van der Waals surface area (Å²) in [7, 11) is 0. The van der Waals surface area contributed by atoms with Crippen LogP contribution in [0.4, 0.5) is 9.18 Å². The molecule has 2 aliphatic heterocycles. The molecule has 0 unspecified atom stereocenters. The smallest absolute Gasteiger partial charge is 0.410 e. The van der Waals surface area contributed by atoms with Gasteiger partial charge in [0.25, 0.3) is 0 Å². The third-order valence-electron chi connectivity index (χ3n) is 6.70. The van der Waals surface area contributed by atoms with Crippen LogP contribution >= 0.6 is 27.5 Å². The van der Waals surface area contributed by atoms with Gasteiger partial charge in [0.1, 0.15) is 29.0 Å². The molecule has 0 spiro atoms. The van der Waals surface area contributed by atoms with Crippen molar-refractivity contribution in [3.63, 3.8) is 0 Å². The van der Waals surface area contributed by atoms with Crippen LogP contribution in [-0.2, 0) is 16.1 Å². The minimum absolute atomic E-state index is 0.00491. The van der Waals surface area contributed by atoms with Crippen LogP contribution in [0, 0.1) is 5.82 Å². The summed E-state index contributed by atoms with van der Waals surface area (Å²) in [5, 5.41) is 3.59. The monoisotopic (exact) mass is 609 g/mol. The number of nitrogens with zero attached hydrogens (tertiary/aromatic N) is 2. The van der Waals surface area contributed by atoms with Gasteiger partial charge in [-0.25, -0.2) is 9.18 Å². The molecule has 2 saturated heterocycles. The van der Waals surface area contributed by atoms with E-state index in [0.717, 1.165) is 29.3 Å². The van der Waals surface area contributed by atoms with E-state index >= 15 is 0 Å². The van der Waals surface area contributed by atoms with Crippen molar-refractivity contribution in [2.75, 3.05) is 19.6 Å². The summed E-state index contributed by atoms with van der Waals surface area (Å²) in [6.45, 7) is 7.88. The van der Waals surface area contributed by atoms with Crippen LogP contribution in [0.1, 0.15) is 52.0 Å². The number of hydrogen-bond acceptors (Lipinski definition) is 5. The molecular weight excluding hydrogens is 577 g/mol. The maximum atomic E-state index is 13.5. The molecule has 0 saturated carbocycles. The molecular formula is C28H34BrClFN3O4. The fraction of sp³-hybridized carbons (Fsp3) is 0.500. The number of nitrogens with one attached hydrogen (secondary N) is 1. The van der Waals surface area contributed by atoms with Crippen LogP contribution in [0.25, 0.3) is 0 Å². The molecule has 1 atom stereocenters. The lowest BCUT2D eigenvalue weighted by molar-refractivity contribution is -0.137. The van der Waals surface area contributed by atoms with Crippen molar-refractivity contribution in [1.82, 2.24) is 15.1 Å². The van der Waals surface area contributed by atoms with E-state index in [2.05, 4.69) is 21.2 Å². The zero-order valence-corrected chi connectivity index (χ0v) is 24.3. The highest BCUT2D eigenvalue weighted by Gasteiger charge is 2.39. The quantitative estimate of drug-likeness (QED) is 0.404. The normalized spacial score (nSPS) is 18.5. The Labute approximate surface area is 236 Å². The highest BCUT2D eigenvalue weighted by molar-refractivity contribution is 9.10. The van der Waals surface area contributed by atoms with Crippen LogP contribution in [0.3, 0.4) is 0 Å². The average Bonchev–Trinajstić information content (AvgIpc) is 3.35. The van der Waals surface area contributed by atoms with E-state index in [0.29, 0.717) is 44.1 Å². The van der Waals surface area contributed by atoms with Crippen molar-refractivity contribution in [1.29, 1.82) is 0 Å². The minimum Gasteiger partial charge on any atom is -0.457 e. The lowest BCUT2D eigenvalue weighted by Gasteiger charge is -2.36. The van der Waals surface area contributed by atoms with E-state index in [1.807, 2.05) is 43.9 Å². The molecule has 2 aromatic carbocycles. The Morgan fingerprint density at radius 2 is 1.84 bits per heavy atom. The Balaban J connectivity index is 1.31. The molecule has 0 aliphatic carbocycles. The van der Waals surface area contributed by atoms with E-state index in [4.69, 9.17) is 21.1 Å². The van der Waals surface area contributed by atoms with E-state index in [9.17, 15) is 14.0 Å². The summed E-state index contributed by atoms with van der Waals surface area (Å²) < 4.78 is 25.9. The average molecular weight is 611 g/mol. The summed E-state index contributed by atoms with van der Waals surface area (Å²) in [6, 6.07) is 9.85. The first-order valence-electron chi connectivity index (χ1n) is 12.9. The molecule has 38 heavy (non-hydrogen) atoms. The van der Waals surface area contributed by atoms with Crippen molar-refractivity contribution in [2.45, 2.75) is 70.7 Å². The van der Waals surface area contributed by atoms with Gasteiger partial charge in [-0.1, -0.05) is 33.6 Å². The Hall–Kier alpha value is -2.36. The van der Waals surface area contributed by atoms with Gasteiger partial charge in [0.15, 0.2) is 0 Å². The molecule has 0 radical (unpaired) electrons. The van der Waals surface area contributed by atoms with Gasteiger partial charge in [0.2, 0.25) is 5.91 Å². The van der Waals surface area contributed by atoms with Gasteiger partial charge in [0, 0.05) is 48.3 Å². The molecule has 0 aromatic heterocycles. The second-order valence-corrected chi connectivity index (χ2v) is 12.1. The summed E-state index contributed by atoms with van der Waals surface area (Å²) in [5.74, 6) is 0.611. The lowest BCUT2D eigenvalue weighted by Crippen LogP contribution is -2.52. The van der Waals surface area contributed by atoms with Crippen LogP contribution in [-0.4, -0.2) is 59.1 Å². The molecule has 2 aliphatic rings. The first kappa shape index (κ1) is 28.6. The Morgan fingerprint density at radius 1 is 1.11 bits per heavy atom. The van der Waals surface area contributed by atoms with Gasteiger partial charge in [0.05, 0.1) is 5.02 Å². The van der Waals surface area contributed by atoms with Crippen LogP contribution < -0.4 is 10.1 Å². The van der Waals surface area contributed by atoms with Gasteiger partial charge in [-0.15, -0.1) is 0 Å². The van der Waals surface area contributed by atoms with Crippen molar-refractivity contribution in [3.8, 4) is 11.5 Å². The van der Waals surface area contributed by atoms with Crippen molar-refractivity contribution >= 4 is 39.5 Å². The summed E-state index contributed by atoms with van der Waals surface area (Å²) >= 11 is 9.39. The van der Waals surface area contributed by atoms with Crippen molar-refractivity contribution in [3.05, 3.63) is 57.3 Å². The maximum absolute atomic E-state index is 13.5. The standard InChI is InChI=1S/C28H34BrClFN3O4/c1-28(2,3)38-27(36)34-12-4-5-24(34)26(35)33-13-10-20(11-14-33)32-17-18-6-7-19(29)15-25(18)37-21-8-9-23(31)22(30)16-21/h6-9,15-16,20,24,32H,4-5,10-14,17H2,1-3H3/t24-/m0/s1. The first-order valence-corrected chi connectivity index (χ1v) is 14.1. The number of likely N-dealkylation sites (tertiary alicyclic amines) is 2. The fourth-order valence-corrected chi connectivity index (χ4v) is 5.28. The summed E-state index contributed by atoms with van der Waals surface area (Å²) in [4.78, 5) is 29.3. The van der Waals surface area contributed by atoms with E-state index < -0.39 is 23.6 Å². The number of ether oxygens (including phenoxy) is 2. The van der Waals surface area contributed by atoms with Crippen LogP contribution in [0.2, 0.25) is 5.02 Å². The highest BCUT2D eigenvalue weighted by Crippen LogP contribution is 2.31. The summed E-state index contributed by atoms with van der Waals surface area (Å²) in [5.41, 5.74) is 0.356. The number of carbonyl (C=O) groups excluding carboxylic acids is 2. The summed E-state index contributed by atoms with van der Waals surface area (Å²) in [6.07, 6.45) is 2.67. The Bertz CT molecular complexity index is 1170. The van der Waals surface area contributed by atoms with E-state index in [-0.39, 0.29) is 17.0 Å². The Morgan fingerprint density at radius 3 is 2.53 bits per heavy atom. The second kappa shape index (κ2) is 12.2. The van der Waals surface area contributed by atoms with Gasteiger partial charge < -0.3 is 19.7 Å². The van der Waals surface area contributed by atoms with Crippen molar-refractivity contribution < 1.29 is 23.5 Å². The molecule has 10 heteroatoms. The van der Waals surface area contributed by atoms with Gasteiger partial charge >= 0.3 is 6.09 Å². The molecule has 2 amide bonds. The Kier molecular flexibility index (Phi) is 9.21. The lowest BCUT2D eigenvalue weighted by atomic mass is 10.0. The number of halogens is 3. The SMILES string of the molecule is CC(C)(C)OC(=O)N1CCC[C@H]1C(=O)N1CCC(NCc2ccc(Br)cc2Oc2ccc(F)c(Cl)c2)CC1. The third kappa shape index (κ3) is 7.39. The number of carbonyl (C=O) groups is 2. The third-order valence-corrected chi connectivity index (χ3v) is 7.48. The first-order chi connectivity index (χ1) is 18.0. The van der Waals surface area contributed by atoms with Gasteiger partial charge in [-0.2, -0.15) is 0 Å². The van der Waals surface area contributed by atoms with E-state index in [1.165, 1.54) is 12.1 Å². The zero-order valence-electron chi connectivity index (χ0n) is 21.9. The molecule has 7 nitrogen and oxygen atoms in total. The predicted octanol–water partition coefficient (Wildman–Crippen LogP) is 6.51. The second-order valence-electron chi connectivity index (χ2n) is 10.7. The number of piperidine rings is 1. The largest absolute Gasteiger partial charge is 0.457 e. The molecule has 1 N–H and O–H groups in total. The molecule has 2 fully saturated rings. The molecule has 2 aromatic rings. The number of amides is 2. The van der Waals surface area contributed by atoms with Crippen LogP contribution in [0.15, 0.2) is 40.9 Å². The fourth-order valence-electron chi connectivity index (χ4n) is 4.77. The van der Waals surface area contributed by atoms with Gasteiger partial charge in [-0.05, 0) is 70.7 Å². The molecule has 4 rings (SSSR count). The van der Waals surface area contributed by atoms with Crippen molar-refractivity contribution in [2.24, 2.45) is 0 Å². The number of hydrogen-bond donors (Lipinski definition) is 1.